The Balaban J connectivity index is 1.94. The van der Waals surface area contributed by atoms with E-state index in [0.717, 1.165) is 11.1 Å². The first-order chi connectivity index (χ1) is 16.8. The molecule has 8 nitrogen and oxygen atoms in total. The zero-order valence-electron chi connectivity index (χ0n) is 19.8. The van der Waals surface area contributed by atoms with E-state index in [-0.39, 0.29) is 24.5 Å². The Hall–Kier alpha value is -3.32. The van der Waals surface area contributed by atoms with Crippen molar-refractivity contribution in [3.63, 3.8) is 0 Å². The lowest BCUT2D eigenvalue weighted by Gasteiger charge is -2.18. The molecule has 0 aliphatic heterocycles. The third kappa shape index (κ3) is 9.10. The van der Waals surface area contributed by atoms with Crippen molar-refractivity contribution in [1.29, 1.82) is 5.26 Å². The quantitative estimate of drug-likeness (QED) is 0.249. The summed E-state index contributed by atoms with van der Waals surface area (Å²) in [6.07, 6.45) is 1.35. The first-order valence-corrected chi connectivity index (χ1v) is 11.7. The fraction of sp³-hybridized carbons (Fsp3) is 0.320. The number of halogens is 1. The van der Waals surface area contributed by atoms with Gasteiger partial charge in [0.05, 0.1) is 12.5 Å². The van der Waals surface area contributed by atoms with Crippen molar-refractivity contribution in [3.8, 4) is 6.07 Å². The van der Waals surface area contributed by atoms with E-state index in [1.54, 1.807) is 47.4 Å². The van der Waals surface area contributed by atoms with Crippen LogP contribution in [0.4, 0.5) is 4.79 Å². The van der Waals surface area contributed by atoms with Crippen LogP contribution in [0.15, 0.2) is 54.1 Å². The molecule has 0 aliphatic carbocycles. The standard InChI is InChI=1S/C25H29BClN3O5/c1-3-30(4-2)24(31)21(17-28)15-20-7-5-6-18(14-20)12-13-35-25(32)29-23(26(33)34)16-19-8-10-22(27)11-9-19/h5-11,14-15,23,33-34H,3-4,12-13,16H2,1-2H3,(H,29,32). The second-order valence-corrected chi connectivity index (χ2v) is 8.21. The number of hydrogen-bond acceptors (Lipinski definition) is 6. The number of likely N-dealkylation sites (N-methyl/N-ethyl adjacent to an activating group) is 1. The predicted molar refractivity (Wildman–Crippen MR) is 135 cm³/mol. The molecule has 35 heavy (non-hydrogen) atoms. The van der Waals surface area contributed by atoms with E-state index in [1.807, 2.05) is 32.0 Å². The average molecular weight is 498 g/mol. The van der Waals surface area contributed by atoms with Crippen LogP contribution >= 0.6 is 11.6 Å². The van der Waals surface area contributed by atoms with E-state index in [9.17, 15) is 24.9 Å². The van der Waals surface area contributed by atoms with Crippen LogP contribution in [-0.4, -0.2) is 59.7 Å². The van der Waals surface area contributed by atoms with E-state index >= 15 is 0 Å². The minimum atomic E-state index is -1.77. The molecule has 184 valence electrons. The molecule has 2 rings (SSSR count). The molecule has 0 spiro atoms. The van der Waals surface area contributed by atoms with E-state index < -0.39 is 19.2 Å². The second kappa shape index (κ2) is 14.2. The second-order valence-electron chi connectivity index (χ2n) is 7.77. The van der Waals surface area contributed by atoms with Gasteiger partial charge in [-0.3, -0.25) is 4.79 Å². The van der Waals surface area contributed by atoms with Gasteiger partial charge in [0.15, 0.2) is 0 Å². The number of ether oxygens (including phenoxy) is 1. The van der Waals surface area contributed by atoms with Crippen molar-refractivity contribution in [2.45, 2.75) is 32.6 Å². The van der Waals surface area contributed by atoms with Gasteiger partial charge in [-0.2, -0.15) is 5.26 Å². The third-order valence-corrected chi connectivity index (χ3v) is 5.57. The Labute approximate surface area is 210 Å². The molecular formula is C25H29BClN3O5. The summed E-state index contributed by atoms with van der Waals surface area (Å²) in [6, 6.07) is 16.0. The Bertz CT molecular complexity index is 1070. The number of carbonyl (C=O) groups is 2. The molecule has 2 amide bonds. The first-order valence-electron chi connectivity index (χ1n) is 11.3. The summed E-state index contributed by atoms with van der Waals surface area (Å²) in [4.78, 5) is 26.2. The van der Waals surface area contributed by atoms with Crippen LogP contribution in [-0.2, 0) is 22.4 Å². The molecule has 3 N–H and O–H groups in total. The van der Waals surface area contributed by atoms with Gasteiger partial charge >= 0.3 is 13.2 Å². The molecule has 0 fully saturated rings. The molecule has 0 radical (unpaired) electrons. The molecule has 1 unspecified atom stereocenters. The van der Waals surface area contributed by atoms with Crippen molar-refractivity contribution in [1.82, 2.24) is 10.2 Å². The Morgan fingerprint density at radius 3 is 2.46 bits per heavy atom. The highest BCUT2D eigenvalue weighted by atomic mass is 35.5. The van der Waals surface area contributed by atoms with Gasteiger partial charge in [0, 0.05) is 24.5 Å². The zero-order chi connectivity index (χ0) is 25.8. The highest BCUT2D eigenvalue weighted by Gasteiger charge is 2.26. The Kier molecular flexibility index (Phi) is 11.3. The normalized spacial score (nSPS) is 11.8. The van der Waals surface area contributed by atoms with Crippen molar-refractivity contribution in [2.75, 3.05) is 19.7 Å². The smallest absolute Gasteiger partial charge is 0.449 e. The van der Waals surface area contributed by atoms with E-state index in [4.69, 9.17) is 16.3 Å². The average Bonchev–Trinajstić information content (AvgIpc) is 2.84. The van der Waals surface area contributed by atoms with Gasteiger partial charge in [0.2, 0.25) is 0 Å². The van der Waals surface area contributed by atoms with Crippen LogP contribution in [0.5, 0.6) is 0 Å². The summed E-state index contributed by atoms with van der Waals surface area (Å²) in [6.45, 7) is 4.80. The van der Waals surface area contributed by atoms with Crippen LogP contribution in [0.2, 0.25) is 5.02 Å². The number of nitriles is 1. The van der Waals surface area contributed by atoms with Gasteiger partial charge < -0.3 is 25.0 Å². The number of rotatable bonds is 11. The van der Waals surface area contributed by atoms with Crippen molar-refractivity contribution in [2.24, 2.45) is 0 Å². The summed E-state index contributed by atoms with van der Waals surface area (Å²) in [5, 5.41) is 31.7. The number of carbonyl (C=O) groups excluding carboxylic acids is 2. The number of nitrogens with one attached hydrogen (secondary N) is 1. The molecule has 0 saturated carbocycles. The van der Waals surface area contributed by atoms with Crippen molar-refractivity contribution < 1.29 is 24.4 Å². The van der Waals surface area contributed by atoms with Crippen LogP contribution in [0.3, 0.4) is 0 Å². The topological polar surface area (TPSA) is 123 Å². The fourth-order valence-corrected chi connectivity index (χ4v) is 3.51. The maximum Gasteiger partial charge on any atom is 0.475 e. The van der Waals surface area contributed by atoms with E-state index in [1.165, 1.54) is 0 Å². The molecule has 0 heterocycles. The molecule has 0 aliphatic rings. The fourth-order valence-electron chi connectivity index (χ4n) is 3.39. The minimum absolute atomic E-state index is 0.0516. The van der Waals surface area contributed by atoms with Gasteiger partial charge in [-0.05, 0) is 55.2 Å². The monoisotopic (exact) mass is 497 g/mol. The molecule has 10 heteroatoms. The van der Waals surface area contributed by atoms with Crippen LogP contribution in [0, 0.1) is 11.3 Å². The molecule has 2 aromatic carbocycles. The largest absolute Gasteiger partial charge is 0.475 e. The molecule has 0 bridgehead atoms. The SMILES string of the molecule is CCN(CC)C(=O)C(C#N)=Cc1cccc(CCOC(=O)NC(Cc2ccc(Cl)cc2)B(O)O)c1. The molecular weight excluding hydrogens is 469 g/mol. The highest BCUT2D eigenvalue weighted by molar-refractivity contribution is 6.43. The summed E-state index contributed by atoms with van der Waals surface area (Å²) >= 11 is 5.86. The Morgan fingerprint density at radius 1 is 1.17 bits per heavy atom. The molecule has 2 aromatic rings. The highest BCUT2D eigenvalue weighted by Crippen LogP contribution is 2.13. The van der Waals surface area contributed by atoms with Gasteiger partial charge in [-0.15, -0.1) is 0 Å². The van der Waals surface area contributed by atoms with Gasteiger partial charge in [0.1, 0.15) is 11.6 Å². The number of hydrogen-bond donors (Lipinski definition) is 3. The molecule has 1 atom stereocenters. The van der Waals surface area contributed by atoms with Crippen LogP contribution in [0.25, 0.3) is 6.08 Å². The van der Waals surface area contributed by atoms with E-state index in [0.29, 0.717) is 30.1 Å². The zero-order valence-corrected chi connectivity index (χ0v) is 20.5. The number of benzene rings is 2. The third-order valence-electron chi connectivity index (χ3n) is 5.32. The maximum absolute atomic E-state index is 12.5. The van der Waals surface area contributed by atoms with Gasteiger partial charge in [0.25, 0.3) is 5.91 Å². The lowest BCUT2D eigenvalue weighted by atomic mass is 9.76. The maximum atomic E-state index is 12.5. The number of amides is 2. The summed E-state index contributed by atoms with van der Waals surface area (Å²) in [5.74, 6) is -1.27. The summed E-state index contributed by atoms with van der Waals surface area (Å²) < 4.78 is 5.20. The number of alkyl carbamates (subject to hydrolysis) is 1. The van der Waals surface area contributed by atoms with Gasteiger partial charge in [-0.25, -0.2) is 4.79 Å². The molecule has 0 aromatic heterocycles. The van der Waals surface area contributed by atoms with Crippen LogP contribution in [0.1, 0.15) is 30.5 Å². The van der Waals surface area contributed by atoms with Crippen molar-refractivity contribution in [3.05, 3.63) is 75.8 Å². The van der Waals surface area contributed by atoms with E-state index in [2.05, 4.69) is 5.32 Å². The lowest BCUT2D eigenvalue weighted by molar-refractivity contribution is -0.126. The summed E-state index contributed by atoms with van der Waals surface area (Å²) in [5.41, 5.74) is 2.36. The minimum Gasteiger partial charge on any atom is -0.449 e. The van der Waals surface area contributed by atoms with Crippen LogP contribution < -0.4 is 5.32 Å². The van der Waals surface area contributed by atoms with Gasteiger partial charge in [-0.1, -0.05) is 48.0 Å². The summed E-state index contributed by atoms with van der Waals surface area (Å²) in [7, 11) is -1.77. The predicted octanol–water partition coefficient (Wildman–Crippen LogP) is 3.01. The number of nitrogens with zero attached hydrogens (tertiary/aromatic N) is 2. The van der Waals surface area contributed by atoms with Crippen molar-refractivity contribution >= 4 is 36.8 Å². The Morgan fingerprint density at radius 2 is 1.86 bits per heavy atom. The first kappa shape index (κ1) is 27.9. The lowest BCUT2D eigenvalue weighted by Crippen LogP contribution is -2.48. The molecule has 0 saturated heterocycles.